The number of rotatable bonds is 16. The molecule has 0 spiro atoms. The van der Waals surface area contributed by atoms with E-state index in [1.165, 1.54) is 60.6 Å². The van der Waals surface area contributed by atoms with Gasteiger partial charge < -0.3 is 10.2 Å². The summed E-state index contributed by atoms with van der Waals surface area (Å²) >= 11 is 0. The largest absolute Gasteiger partial charge is 0.508 e. The molecule has 0 saturated carbocycles. The monoisotopic (exact) mass is 656 g/mol. The molecule has 1 heterocycles. The molecule has 5 aromatic carbocycles. The van der Waals surface area contributed by atoms with E-state index in [1.807, 2.05) is 41.4 Å². The van der Waals surface area contributed by atoms with E-state index in [2.05, 4.69) is 96.4 Å². The van der Waals surface area contributed by atoms with Gasteiger partial charge in [0.25, 0.3) is 0 Å². The molecule has 6 rings (SSSR count). The van der Waals surface area contributed by atoms with Gasteiger partial charge in [0.05, 0.1) is 11.7 Å². The lowest BCUT2D eigenvalue weighted by molar-refractivity contribution is 0.289. The van der Waals surface area contributed by atoms with Crippen LogP contribution in [0, 0.1) is 0 Å². The van der Waals surface area contributed by atoms with Gasteiger partial charge in [-0.2, -0.15) is 0 Å². The lowest BCUT2D eigenvalue weighted by Crippen LogP contribution is -2.39. The molecule has 1 atom stereocenters. The predicted octanol–water partition coefficient (Wildman–Crippen LogP) is 8.48. The van der Waals surface area contributed by atoms with Crippen LogP contribution in [0.2, 0.25) is 0 Å². The van der Waals surface area contributed by atoms with Crippen LogP contribution < -0.4 is 21.3 Å². The fourth-order valence-electron chi connectivity index (χ4n) is 6.90. The van der Waals surface area contributed by atoms with Crippen LogP contribution in [0.5, 0.6) is 11.5 Å². The third-order valence-corrected chi connectivity index (χ3v) is 13.9. The number of nitrogens with one attached hydrogen (secondary N) is 1. The molecule has 0 bridgehead atoms. The van der Waals surface area contributed by atoms with E-state index in [4.69, 9.17) is 4.99 Å². The van der Waals surface area contributed by atoms with Crippen molar-refractivity contribution < 1.29 is 10.2 Å². The third-order valence-electron chi connectivity index (χ3n) is 9.38. The first-order valence-corrected chi connectivity index (χ1v) is 19.4. The maximum Gasteiger partial charge on any atom is 0.151 e. The molecule has 0 fully saturated rings. The first-order valence-electron chi connectivity index (χ1n) is 17.4. The Morgan fingerprint density at radius 2 is 0.979 bits per heavy atom. The first kappa shape index (κ1) is 33.5. The van der Waals surface area contributed by atoms with Gasteiger partial charge in [-0.3, -0.25) is 5.01 Å². The van der Waals surface area contributed by atoms with E-state index in [-0.39, 0.29) is 11.5 Å². The molecule has 48 heavy (non-hydrogen) atoms. The maximum atomic E-state index is 10.6. The normalized spacial score (nSPS) is 14.6. The number of aliphatic imine (C=N–C) groups is 1. The smallest absolute Gasteiger partial charge is 0.151 e. The van der Waals surface area contributed by atoms with Crippen LogP contribution in [-0.2, 0) is 0 Å². The van der Waals surface area contributed by atoms with E-state index >= 15 is 0 Å². The summed E-state index contributed by atoms with van der Waals surface area (Å²) in [5, 5.41) is 27.5. The molecule has 3 N–H and O–H groups in total. The molecule has 246 valence electrons. The molecular formula is C42H47N3O2P+. The highest BCUT2D eigenvalue weighted by atomic mass is 31.2. The Balaban J connectivity index is 0.990. The fraction of sp³-hybridized carbons (Fsp3) is 0.262. The van der Waals surface area contributed by atoms with Crippen molar-refractivity contribution >= 4 is 29.0 Å². The van der Waals surface area contributed by atoms with Crippen LogP contribution in [0.4, 0.5) is 0 Å². The molecule has 0 radical (unpaired) electrons. The zero-order valence-corrected chi connectivity index (χ0v) is 28.6. The Morgan fingerprint density at radius 3 is 1.52 bits per heavy atom. The number of hydrazine groups is 1. The van der Waals surface area contributed by atoms with E-state index in [0.717, 1.165) is 24.9 Å². The van der Waals surface area contributed by atoms with Crippen LogP contribution in [0.15, 0.2) is 145 Å². The molecule has 0 saturated heterocycles. The molecule has 1 aliphatic heterocycles. The summed E-state index contributed by atoms with van der Waals surface area (Å²) in [6.07, 6.45) is 10.4. The number of phenolic OH excluding ortho intramolecular Hbond substituents is 2. The SMILES string of the molecule is Oc1ccccc1C1=NC(c2ccccc2O)NN1CCCCCCCCCC[P+](c1ccccc1)(c1ccccc1)c1ccccc1. The van der Waals surface area contributed by atoms with E-state index in [0.29, 0.717) is 11.4 Å². The minimum atomic E-state index is -1.74. The quantitative estimate of drug-likeness (QED) is 0.0737. The number of para-hydroxylation sites is 2. The Hall–Kier alpha value is -4.44. The number of aromatic hydroxyl groups is 2. The molecule has 1 unspecified atom stereocenters. The lowest BCUT2D eigenvalue weighted by Gasteiger charge is -2.27. The standard InChI is InChI=1S/C42H46N3O2P/c46-39-30-18-16-28-37(39)41-43-42(38-29-17-19-31-40(38)47)45(44-41)32-20-5-3-1-2-4-6-21-33-48(34-22-10-7-11-23-34,35-24-12-8-13-25-35)36-26-14-9-15-27-36/h7-19,22-31,41,44H,1-6,20-21,32-33H2,(H-,43,46,47)/p+1. The molecule has 0 aromatic heterocycles. The Labute approximate surface area is 286 Å². The van der Waals surface area contributed by atoms with Gasteiger partial charge in [-0.05, 0) is 73.9 Å². The van der Waals surface area contributed by atoms with Crippen LogP contribution in [0.1, 0.15) is 68.7 Å². The lowest BCUT2D eigenvalue weighted by atomic mass is 10.1. The summed E-state index contributed by atoms with van der Waals surface area (Å²) < 4.78 is 0. The van der Waals surface area contributed by atoms with Gasteiger partial charge in [0, 0.05) is 12.1 Å². The van der Waals surface area contributed by atoms with Crippen molar-refractivity contribution in [2.75, 3.05) is 12.7 Å². The van der Waals surface area contributed by atoms with Crippen LogP contribution in [0.25, 0.3) is 0 Å². The number of benzene rings is 5. The highest BCUT2D eigenvalue weighted by Crippen LogP contribution is 2.56. The summed E-state index contributed by atoms with van der Waals surface area (Å²) in [6, 6.07) is 48.2. The van der Waals surface area contributed by atoms with Crippen LogP contribution in [-0.4, -0.2) is 33.8 Å². The minimum absolute atomic E-state index is 0.205. The fourth-order valence-corrected chi connectivity index (χ4v) is 11.3. The van der Waals surface area contributed by atoms with Crippen LogP contribution in [0.3, 0.4) is 0 Å². The maximum absolute atomic E-state index is 10.6. The molecule has 5 nitrogen and oxygen atoms in total. The number of hydrogen-bond donors (Lipinski definition) is 3. The number of hydrogen-bond acceptors (Lipinski definition) is 5. The summed E-state index contributed by atoms with van der Waals surface area (Å²) in [5.74, 6) is 1.13. The van der Waals surface area contributed by atoms with Crippen molar-refractivity contribution in [3.63, 3.8) is 0 Å². The van der Waals surface area contributed by atoms with E-state index in [9.17, 15) is 10.2 Å². The summed E-state index contributed by atoms with van der Waals surface area (Å²) in [6.45, 7) is 0.779. The number of amidine groups is 1. The zero-order valence-electron chi connectivity index (χ0n) is 27.7. The minimum Gasteiger partial charge on any atom is -0.508 e. The Morgan fingerprint density at radius 1 is 0.521 bits per heavy atom. The summed E-state index contributed by atoms with van der Waals surface area (Å²) in [5.41, 5.74) is 4.88. The number of unbranched alkanes of at least 4 members (excludes halogenated alkanes) is 7. The van der Waals surface area contributed by atoms with Crippen molar-refractivity contribution in [2.45, 2.75) is 57.5 Å². The second-order valence-corrected chi connectivity index (χ2v) is 16.2. The molecule has 5 aromatic rings. The van der Waals surface area contributed by atoms with Crippen LogP contribution >= 0.6 is 7.26 Å². The number of nitrogens with zero attached hydrogens (tertiary/aromatic N) is 2. The van der Waals surface area contributed by atoms with Gasteiger partial charge in [-0.15, -0.1) is 0 Å². The van der Waals surface area contributed by atoms with Gasteiger partial charge in [0.2, 0.25) is 0 Å². The molecule has 0 amide bonds. The number of phenols is 2. The second-order valence-electron chi connectivity index (χ2n) is 12.6. The summed E-state index contributed by atoms with van der Waals surface area (Å²) in [4.78, 5) is 4.88. The van der Waals surface area contributed by atoms with Gasteiger partial charge in [-0.1, -0.05) is 117 Å². The predicted molar refractivity (Wildman–Crippen MR) is 202 cm³/mol. The van der Waals surface area contributed by atoms with Crippen molar-refractivity contribution in [3.8, 4) is 11.5 Å². The third kappa shape index (κ3) is 7.81. The molecule has 1 aliphatic rings. The van der Waals surface area contributed by atoms with Gasteiger partial charge in [0.1, 0.15) is 40.8 Å². The average Bonchev–Trinajstić information content (AvgIpc) is 3.55. The average molecular weight is 657 g/mol. The zero-order chi connectivity index (χ0) is 33.0. The first-order chi connectivity index (χ1) is 23.7. The molecule has 0 aliphatic carbocycles. The topological polar surface area (TPSA) is 68.1 Å². The van der Waals surface area contributed by atoms with E-state index in [1.54, 1.807) is 12.1 Å². The van der Waals surface area contributed by atoms with Crippen molar-refractivity contribution in [3.05, 3.63) is 151 Å². The highest BCUT2D eigenvalue weighted by Gasteiger charge is 2.44. The van der Waals surface area contributed by atoms with Crippen molar-refractivity contribution in [1.29, 1.82) is 0 Å². The highest BCUT2D eigenvalue weighted by molar-refractivity contribution is 7.95. The summed E-state index contributed by atoms with van der Waals surface area (Å²) in [7, 11) is -1.74. The van der Waals surface area contributed by atoms with Crippen molar-refractivity contribution in [2.24, 2.45) is 4.99 Å². The van der Waals surface area contributed by atoms with Gasteiger partial charge in [-0.25, -0.2) is 10.4 Å². The van der Waals surface area contributed by atoms with E-state index < -0.39 is 13.4 Å². The second kappa shape index (κ2) is 16.6. The molecule has 6 heteroatoms. The van der Waals surface area contributed by atoms with Crippen molar-refractivity contribution in [1.82, 2.24) is 10.4 Å². The van der Waals surface area contributed by atoms with Gasteiger partial charge in [0.15, 0.2) is 5.84 Å². The Bertz CT molecular complexity index is 1650. The van der Waals surface area contributed by atoms with Gasteiger partial charge >= 0.3 is 0 Å². The Kier molecular flexibility index (Phi) is 11.6. The molecular weight excluding hydrogens is 609 g/mol.